The number of aromatic nitrogens is 2. The number of hydrazone groups is 1. The molecule has 3 N–H and O–H groups in total. The number of nitriles is 1. The van der Waals surface area contributed by atoms with Crippen LogP contribution in [0.3, 0.4) is 0 Å². The number of carbonyl (C=O) groups excluding carboxylic acids is 1. The number of methoxy groups -OCH3 is 1. The van der Waals surface area contributed by atoms with E-state index < -0.39 is 11.5 Å². The van der Waals surface area contributed by atoms with E-state index in [-0.39, 0.29) is 28.5 Å². The van der Waals surface area contributed by atoms with E-state index in [4.69, 9.17) is 0 Å². The summed E-state index contributed by atoms with van der Waals surface area (Å²) in [6.45, 7) is 0. The number of hydrogen-bond donors (Lipinski definition) is 3. The average molecular weight is 389 g/mol. The van der Waals surface area contributed by atoms with Crippen LogP contribution in [-0.4, -0.2) is 34.4 Å². The second kappa shape index (κ2) is 8.49. The van der Waals surface area contributed by atoms with Gasteiger partial charge in [0.1, 0.15) is 22.9 Å². The highest BCUT2D eigenvalue weighted by atomic mass is 16.5. The SMILES string of the molecule is COC(=O)c1cc(C=NNc2nc(-c3ccccc3)c(C#N)c(=O)[nH]2)ccc1O. The molecule has 0 bridgehead atoms. The van der Waals surface area contributed by atoms with Crippen molar-refractivity contribution in [2.24, 2.45) is 5.10 Å². The lowest BCUT2D eigenvalue weighted by Gasteiger charge is -2.06. The van der Waals surface area contributed by atoms with Gasteiger partial charge in [-0.3, -0.25) is 9.78 Å². The number of esters is 1. The zero-order chi connectivity index (χ0) is 20.8. The number of rotatable bonds is 5. The lowest BCUT2D eigenvalue weighted by atomic mass is 10.1. The number of aromatic amines is 1. The zero-order valence-electron chi connectivity index (χ0n) is 15.2. The molecule has 0 unspecified atom stereocenters. The van der Waals surface area contributed by atoms with Crippen molar-refractivity contribution >= 4 is 18.1 Å². The van der Waals surface area contributed by atoms with E-state index in [0.717, 1.165) is 0 Å². The molecule has 0 fully saturated rings. The number of nitrogens with one attached hydrogen (secondary N) is 2. The number of phenolic OH excluding ortho intramolecular Hbond substituents is 1. The summed E-state index contributed by atoms with van der Waals surface area (Å²) in [5.74, 6) is -0.861. The van der Waals surface area contributed by atoms with Gasteiger partial charge in [-0.25, -0.2) is 15.2 Å². The molecule has 0 radical (unpaired) electrons. The van der Waals surface area contributed by atoms with Gasteiger partial charge in [-0.15, -0.1) is 0 Å². The van der Waals surface area contributed by atoms with E-state index >= 15 is 0 Å². The van der Waals surface area contributed by atoms with Gasteiger partial charge in [0.25, 0.3) is 5.56 Å². The Morgan fingerprint density at radius 1 is 1.31 bits per heavy atom. The summed E-state index contributed by atoms with van der Waals surface area (Å²) in [7, 11) is 1.21. The molecule has 9 heteroatoms. The summed E-state index contributed by atoms with van der Waals surface area (Å²) in [4.78, 5) is 30.5. The number of hydrogen-bond acceptors (Lipinski definition) is 8. The highest BCUT2D eigenvalue weighted by molar-refractivity contribution is 5.95. The first-order valence-electron chi connectivity index (χ1n) is 8.33. The van der Waals surface area contributed by atoms with Crippen LogP contribution in [0.25, 0.3) is 11.3 Å². The first-order valence-corrected chi connectivity index (χ1v) is 8.33. The molecule has 3 aromatic rings. The number of benzene rings is 2. The molecule has 0 saturated carbocycles. The van der Waals surface area contributed by atoms with E-state index in [9.17, 15) is 20.0 Å². The van der Waals surface area contributed by atoms with Crippen molar-refractivity contribution in [2.45, 2.75) is 0 Å². The minimum absolute atomic E-state index is 0.00674. The van der Waals surface area contributed by atoms with Crippen molar-refractivity contribution in [1.29, 1.82) is 5.26 Å². The summed E-state index contributed by atoms with van der Waals surface area (Å²) in [5, 5.41) is 23.0. The third-order valence-electron chi connectivity index (χ3n) is 3.89. The van der Waals surface area contributed by atoms with Crippen molar-refractivity contribution < 1.29 is 14.6 Å². The lowest BCUT2D eigenvalue weighted by Crippen LogP contribution is -2.16. The number of phenols is 1. The first kappa shape index (κ1) is 19.3. The molecule has 0 aliphatic heterocycles. The van der Waals surface area contributed by atoms with Crippen LogP contribution in [-0.2, 0) is 4.74 Å². The molecule has 1 heterocycles. The highest BCUT2D eigenvalue weighted by Gasteiger charge is 2.13. The molecule has 144 valence electrons. The van der Waals surface area contributed by atoms with Crippen LogP contribution in [0, 0.1) is 11.3 Å². The Morgan fingerprint density at radius 2 is 2.07 bits per heavy atom. The number of H-pyrrole nitrogens is 1. The van der Waals surface area contributed by atoms with Gasteiger partial charge in [-0.1, -0.05) is 30.3 Å². The summed E-state index contributed by atoms with van der Waals surface area (Å²) in [6.07, 6.45) is 1.37. The number of ether oxygens (including phenoxy) is 1. The normalized spacial score (nSPS) is 10.5. The third-order valence-corrected chi connectivity index (χ3v) is 3.89. The molecule has 0 aliphatic carbocycles. The number of carbonyl (C=O) groups is 1. The lowest BCUT2D eigenvalue weighted by molar-refractivity contribution is 0.0597. The largest absolute Gasteiger partial charge is 0.507 e. The molecule has 2 aromatic carbocycles. The Kier molecular flexibility index (Phi) is 5.66. The van der Waals surface area contributed by atoms with Crippen molar-refractivity contribution in [3.8, 4) is 23.1 Å². The number of nitrogens with zero attached hydrogens (tertiary/aromatic N) is 3. The van der Waals surface area contributed by atoms with E-state index in [1.807, 2.05) is 12.1 Å². The second-order valence-corrected chi connectivity index (χ2v) is 5.75. The molecular weight excluding hydrogens is 374 g/mol. The zero-order valence-corrected chi connectivity index (χ0v) is 15.2. The second-order valence-electron chi connectivity index (χ2n) is 5.75. The molecule has 1 aromatic heterocycles. The van der Waals surface area contributed by atoms with Gasteiger partial charge in [0, 0.05) is 5.56 Å². The summed E-state index contributed by atoms with van der Waals surface area (Å²) in [5.41, 5.74) is 3.21. The third kappa shape index (κ3) is 4.28. The van der Waals surface area contributed by atoms with Crippen molar-refractivity contribution in [2.75, 3.05) is 12.5 Å². The van der Waals surface area contributed by atoms with Crippen LogP contribution in [0.2, 0.25) is 0 Å². The standard InChI is InChI=1S/C20H15N5O4/c1-29-19(28)14-9-12(7-8-16(14)26)11-22-25-20-23-17(13-5-3-2-4-6-13)15(10-21)18(27)24-20/h2-9,11,26H,1H3,(H2,23,24,25,27). The molecule has 9 nitrogen and oxygen atoms in total. The predicted molar refractivity (Wildman–Crippen MR) is 106 cm³/mol. The molecule has 0 saturated heterocycles. The predicted octanol–water partition coefficient (Wildman–Crippen LogP) is 2.25. The fourth-order valence-corrected chi connectivity index (χ4v) is 2.51. The van der Waals surface area contributed by atoms with Gasteiger partial charge in [0.15, 0.2) is 0 Å². The molecule has 0 spiro atoms. The van der Waals surface area contributed by atoms with E-state index in [2.05, 4.69) is 25.2 Å². The highest BCUT2D eigenvalue weighted by Crippen LogP contribution is 2.20. The molecule has 3 rings (SSSR count). The molecule has 0 atom stereocenters. The molecule has 0 amide bonds. The maximum Gasteiger partial charge on any atom is 0.341 e. The van der Waals surface area contributed by atoms with Gasteiger partial charge in [0.05, 0.1) is 19.0 Å². The van der Waals surface area contributed by atoms with Gasteiger partial charge in [0.2, 0.25) is 5.95 Å². The number of aromatic hydroxyl groups is 1. The molecule has 29 heavy (non-hydrogen) atoms. The summed E-state index contributed by atoms with van der Waals surface area (Å²) in [6, 6.07) is 15.0. The summed E-state index contributed by atoms with van der Waals surface area (Å²) >= 11 is 0. The maximum absolute atomic E-state index is 12.2. The van der Waals surface area contributed by atoms with Crippen molar-refractivity contribution in [1.82, 2.24) is 9.97 Å². The Labute approximate surface area is 164 Å². The Balaban J connectivity index is 1.88. The van der Waals surface area contributed by atoms with Gasteiger partial charge in [-0.05, 0) is 23.8 Å². The molecular formula is C20H15N5O4. The van der Waals surface area contributed by atoms with Crippen LogP contribution < -0.4 is 11.0 Å². The number of anilines is 1. The fraction of sp³-hybridized carbons (Fsp3) is 0.0500. The average Bonchev–Trinajstić information content (AvgIpc) is 2.74. The monoisotopic (exact) mass is 389 g/mol. The van der Waals surface area contributed by atoms with Gasteiger partial charge < -0.3 is 9.84 Å². The van der Waals surface area contributed by atoms with E-state index in [1.54, 1.807) is 24.3 Å². The fourth-order valence-electron chi connectivity index (χ4n) is 2.51. The minimum atomic E-state index is -0.684. The topological polar surface area (TPSA) is 140 Å². The van der Waals surface area contributed by atoms with Gasteiger partial charge in [-0.2, -0.15) is 10.4 Å². The van der Waals surface area contributed by atoms with Crippen LogP contribution in [0.5, 0.6) is 5.75 Å². The molecule has 0 aliphatic rings. The minimum Gasteiger partial charge on any atom is -0.507 e. The Hall–Kier alpha value is -4.45. The van der Waals surface area contributed by atoms with Gasteiger partial charge >= 0.3 is 5.97 Å². The Bertz CT molecular complexity index is 1180. The van der Waals surface area contributed by atoms with Crippen LogP contribution in [0.1, 0.15) is 21.5 Å². The van der Waals surface area contributed by atoms with Crippen LogP contribution in [0.15, 0.2) is 58.4 Å². The quantitative estimate of drug-likeness (QED) is 0.345. The van der Waals surface area contributed by atoms with Crippen molar-refractivity contribution in [3.05, 3.63) is 75.6 Å². The van der Waals surface area contributed by atoms with Crippen LogP contribution >= 0.6 is 0 Å². The smallest absolute Gasteiger partial charge is 0.341 e. The van der Waals surface area contributed by atoms with E-state index in [0.29, 0.717) is 11.1 Å². The van der Waals surface area contributed by atoms with Crippen molar-refractivity contribution in [3.63, 3.8) is 0 Å². The van der Waals surface area contributed by atoms with E-state index in [1.165, 1.54) is 31.5 Å². The Morgan fingerprint density at radius 3 is 2.76 bits per heavy atom. The maximum atomic E-state index is 12.2. The summed E-state index contributed by atoms with van der Waals surface area (Å²) < 4.78 is 4.60. The van der Waals surface area contributed by atoms with Crippen LogP contribution in [0.4, 0.5) is 5.95 Å². The first-order chi connectivity index (χ1) is 14.0.